The van der Waals surface area contributed by atoms with Gasteiger partial charge >= 0.3 is 11.6 Å². The first-order chi connectivity index (χ1) is 14.5. The van der Waals surface area contributed by atoms with Crippen LogP contribution in [0.3, 0.4) is 0 Å². The number of rotatable bonds is 7. The minimum atomic E-state index is -0.556. The summed E-state index contributed by atoms with van der Waals surface area (Å²) in [5.41, 5.74) is 1.68. The predicted octanol–water partition coefficient (Wildman–Crippen LogP) is 4.64. The Balaban J connectivity index is 1.54. The highest BCUT2D eigenvalue weighted by Crippen LogP contribution is 2.36. The third-order valence-corrected chi connectivity index (χ3v) is 4.63. The van der Waals surface area contributed by atoms with E-state index >= 15 is 0 Å². The minimum Gasteiger partial charge on any atom is -0.454 e. The fourth-order valence-corrected chi connectivity index (χ4v) is 3.00. The lowest BCUT2D eigenvalue weighted by molar-refractivity contribution is -0.385. The highest BCUT2D eigenvalue weighted by atomic mass is 16.7. The molecule has 0 saturated carbocycles. The molecule has 30 heavy (non-hydrogen) atoms. The smallest absolute Gasteiger partial charge is 0.373 e. The summed E-state index contributed by atoms with van der Waals surface area (Å²) in [5.74, 6) is 2.09. The Hall–Kier alpha value is -3.88. The Labute approximate surface area is 172 Å². The second-order valence-electron chi connectivity index (χ2n) is 7.00. The molecular formula is C21H20N4O5. The van der Waals surface area contributed by atoms with E-state index < -0.39 is 4.92 Å². The summed E-state index contributed by atoms with van der Waals surface area (Å²) in [7, 11) is 0. The van der Waals surface area contributed by atoms with E-state index in [4.69, 9.17) is 14.2 Å². The van der Waals surface area contributed by atoms with E-state index in [1.54, 1.807) is 18.2 Å². The van der Waals surface area contributed by atoms with Crippen LogP contribution in [0.4, 0.5) is 11.5 Å². The number of ether oxygens (including phenoxy) is 3. The number of anilines is 1. The highest BCUT2D eigenvalue weighted by Gasteiger charge is 2.25. The monoisotopic (exact) mass is 408 g/mol. The van der Waals surface area contributed by atoms with Crippen LogP contribution in [0.2, 0.25) is 0 Å². The number of nitrogens with zero attached hydrogens (tertiary/aromatic N) is 3. The molecule has 0 aliphatic carbocycles. The number of aromatic nitrogens is 2. The first-order valence-electron chi connectivity index (χ1n) is 9.41. The largest absolute Gasteiger partial charge is 0.454 e. The molecule has 1 aliphatic heterocycles. The summed E-state index contributed by atoms with van der Waals surface area (Å²) in [6.07, 6.45) is 1.23. The van der Waals surface area contributed by atoms with Crippen LogP contribution in [0.5, 0.6) is 23.1 Å². The van der Waals surface area contributed by atoms with Gasteiger partial charge in [0.25, 0.3) is 0 Å². The van der Waals surface area contributed by atoms with Crippen molar-refractivity contribution in [3.8, 4) is 23.1 Å². The third-order valence-electron chi connectivity index (χ3n) is 4.63. The van der Waals surface area contributed by atoms with Gasteiger partial charge < -0.3 is 19.5 Å². The maximum Gasteiger partial charge on any atom is 0.373 e. The van der Waals surface area contributed by atoms with Gasteiger partial charge in [0.05, 0.1) is 4.92 Å². The first kappa shape index (κ1) is 19.4. The zero-order chi connectivity index (χ0) is 21.1. The standard InChI is InChI=1S/C21H20N4O5/c1-13(2)15-4-6-16(7-5-15)30-21-19(25(26)27)20(23-11-24-21)22-10-14-3-8-17-18(9-14)29-12-28-17/h3-9,11,13H,10,12H2,1-2H3,(H,22,23,24). The molecule has 0 bridgehead atoms. The maximum absolute atomic E-state index is 11.7. The molecule has 1 aliphatic rings. The van der Waals surface area contributed by atoms with Crippen molar-refractivity contribution in [2.45, 2.75) is 26.3 Å². The molecule has 3 aromatic rings. The lowest BCUT2D eigenvalue weighted by Crippen LogP contribution is -2.07. The second-order valence-corrected chi connectivity index (χ2v) is 7.00. The summed E-state index contributed by atoms with van der Waals surface area (Å²) in [6, 6.07) is 12.8. The van der Waals surface area contributed by atoms with Gasteiger partial charge in [-0.2, -0.15) is 4.98 Å². The van der Waals surface area contributed by atoms with Crippen molar-refractivity contribution in [2.75, 3.05) is 12.1 Å². The molecule has 0 radical (unpaired) electrons. The SMILES string of the molecule is CC(C)c1ccc(Oc2ncnc(NCc3ccc4c(c3)OCO4)c2[N+](=O)[O-])cc1. The number of nitro groups is 1. The third kappa shape index (κ3) is 4.09. The molecule has 1 N–H and O–H groups in total. The van der Waals surface area contributed by atoms with Crippen LogP contribution in [-0.2, 0) is 6.54 Å². The molecule has 9 heteroatoms. The van der Waals surface area contributed by atoms with Gasteiger partial charge in [0, 0.05) is 6.54 Å². The van der Waals surface area contributed by atoms with Crippen molar-refractivity contribution < 1.29 is 19.1 Å². The molecule has 2 heterocycles. The summed E-state index contributed by atoms with van der Waals surface area (Å²) < 4.78 is 16.3. The average Bonchev–Trinajstić information content (AvgIpc) is 3.20. The Kier molecular flexibility index (Phi) is 5.34. The lowest BCUT2D eigenvalue weighted by atomic mass is 10.0. The van der Waals surface area contributed by atoms with Gasteiger partial charge in [0.15, 0.2) is 11.5 Å². The quantitative estimate of drug-likeness (QED) is 0.445. The molecule has 4 rings (SSSR count). The van der Waals surface area contributed by atoms with E-state index in [-0.39, 0.29) is 24.2 Å². The molecule has 1 aromatic heterocycles. The van der Waals surface area contributed by atoms with Crippen LogP contribution in [0.15, 0.2) is 48.8 Å². The summed E-state index contributed by atoms with van der Waals surface area (Å²) in [6.45, 7) is 4.66. The van der Waals surface area contributed by atoms with E-state index in [0.717, 1.165) is 11.1 Å². The highest BCUT2D eigenvalue weighted by molar-refractivity contribution is 5.62. The van der Waals surface area contributed by atoms with Crippen LogP contribution in [0.1, 0.15) is 30.9 Å². The Bertz CT molecular complexity index is 1070. The molecule has 0 spiro atoms. The van der Waals surface area contributed by atoms with Gasteiger partial charge in [-0.05, 0) is 41.3 Å². The fourth-order valence-electron chi connectivity index (χ4n) is 3.00. The minimum absolute atomic E-state index is 0.0708. The average molecular weight is 408 g/mol. The normalized spacial score (nSPS) is 12.1. The van der Waals surface area contributed by atoms with Gasteiger partial charge in [-0.3, -0.25) is 10.1 Å². The van der Waals surface area contributed by atoms with Gasteiger partial charge in [-0.15, -0.1) is 0 Å². The number of benzene rings is 2. The summed E-state index contributed by atoms with van der Waals surface area (Å²) in [4.78, 5) is 19.1. The summed E-state index contributed by atoms with van der Waals surface area (Å²) in [5, 5.41) is 14.7. The van der Waals surface area contributed by atoms with Crippen LogP contribution >= 0.6 is 0 Å². The van der Waals surface area contributed by atoms with Gasteiger partial charge in [0.2, 0.25) is 12.6 Å². The number of fused-ring (bicyclic) bond motifs is 1. The van der Waals surface area contributed by atoms with E-state index in [2.05, 4.69) is 29.1 Å². The van der Waals surface area contributed by atoms with Crippen LogP contribution < -0.4 is 19.5 Å². The zero-order valence-electron chi connectivity index (χ0n) is 16.5. The van der Waals surface area contributed by atoms with Crippen molar-refractivity contribution >= 4 is 11.5 Å². The number of hydrogen-bond donors (Lipinski definition) is 1. The fraction of sp³-hybridized carbons (Fsp3) is 0.238. The molecule has 0 atom stereocenters. The van der Waals surface area contributed by atoms with E-state index in [0.29, 0.717) is 29.7 Å². The van der Waals surface area contributed by atoms with Gasteiger partial charge in [-0.1, -0.05) is 32.0 Å². The van der Waals surface area contributed by atoms with Crippen LogP contribution in [0.25, 0.3) is 0 Å². The van der Waals surface area contributed by atoms with Gasteiger partial charge in [0.1, 0.15) is 12.1 Å². The molecule has 0 saturated heterocycles. The van der Waals surface area contributed by atoms with Crippen molar-refractivity contribution in [1.29, 1.82) is 0 Å². The van der Waals surface area contributed by atoms with Crippen LogP contribution in [-0.4, -0.2) is 21.7 Å². The molecule has 2 aromatic carbocycles. The predicted molar refractivity (Wildman–Crippen MR) is 109 cm³/mol. The van der Waals surface area contributed by atoms with Crippen molar-refractivity contribution in [1.82, 2.24) is 9.97 Å². The Morgan fingerprint density at radius 3 is 2.63 bits per heavy atom. The number of hydrogen-bond acceptors (Lipinski definition) is 8. The first-order valence-corrected chi connectivity index (χ1v) is 9.41. The maximum atomic E-state index is 11.7. The molecule has 154 valence electrons. The second kappa shape index (κ2) is 8.24. The van der Waals surface area contributed by atoms with Gasteiger partial charge in [-0.25, -0.2) is 4.98 Å². The number of nitrogens with one attached hydrogen (secondary N) is 1. The molecule has 0 fully saturated rings. The van der Waals surface area contributed by atoms with E-state index in [1.165, 1.54) is 6.33 Å². The van der Waals surface area contributed by atoms with E-state index in [1.807, 2.05) is 24.3 Å². The Morgan fingerprint density at radius 2 is 1.90 bits per heavy atom. The zero-order valence-corrected chi connectivity index (χ0v) is 16.5. The molecule has 9 nitrogen and oxygen atoms in total. The Morgan fingerprint density at radius 1 is 1.13 bits per heavy atom. The topological polar surface area (TPSA) is 109 Å². The summed E-state index contributed by atoms with van der Waals surface area (Å²) >= 11 is 0. The van der Waals surface area contributed by atoms with Crippen molar-refractivity contribution in [3.05, 3.63) is 70.0 Å². The van der Waals surface area contributed by atoms with Crippen LogP contribution in [0, 0.1) is 10.1 Å². The molecule has 0 unspecified atom stereocenters. The molecular weight excluding hydrogens is 388 g/mol. The van der Waals surface area contributed by atoms with E-state index in [9.17, 15) is 10.1 Å². The molecule has 0 amide bonds. The lowest BCUT2D eigenvalue weighted by Gasteiger charge is -2.11. The van der Waals surface area contributed by atoms with Crippen molar-refractivity contribution in [3.63, 3.8) is 0 Å². The van der Waals surface area contributed by atoms with Crippen molar-refractivity contribution in [2.24, 2.45) is 0 Å².